The maximum Gasteiger partial charge on any atom is 0.330 e. The van der Waals surface area contributed by atoms with Crippen LogP contribution in [0, 0.1) is 11.3 Å². The fourth-order valence-electron chi connectivity index (χ4n) is 7.19. The third-order valence-corrected chi connectivity index (χ3v) is 13.1. The molecular formula is C45H51N4O8PS. The Hall–Kier alpha value is -4.77. The first-order valence-electron chi connectivity index (χ1n) is 19.5. The van der Waals surface area contributed by atoms with Crippen LogP contribution in [0.2, 0.25) is 0 Å². The second kappa shape index (κ2) is 20.5. The van der Waals surface area contributed by atoms with E-state index in [0.29, 0.717) is 16.4 Å². The predicted octanol–water partition coefficient (Wildman–Crippen LogP) is 8.66. The van der Waals surface area contributed by atoms with Crippen molar-refractivity contribution in [3.8, 4) is 17.6 Å². The van der Waals surface area contributed by atoms with E-state index in [1.54, 1.807) is 20.4 Å². The van der Waals surface area contributed by atoms with Gasteiger partial charge in [0.1, 0.15) is 29.4 Å². The third-order valence-electron chi connectivity index (χ3n) is 9.92. The molecule has 1 aliphatic rings. The maximum absolute atomic E-state index is 13.6. The Kier molecular flexibility index (Phi) is 15.2. The second-order valence-electron chi connectivity index (χ2n) is 14.4. The zero-order valence-electron chi connectivity index (χ0n) is 34.1. The fraction of sp³-hybridized carbons (Fsp3) is 0.356. The first kappa shape index (κ1) is 43.8. The Morgan fingerprint density at radius 3 is 1.97 bits per heavy atom. The highest BCUT2D eigenvalue weighted by Crippen LogP contribution is 2.51. The van der Waals surface area contributed by atoms with E-state index in [-0.39, 0.29) is 38.1 Å². The van der Waals surface area contributed by atoms with Crippen LogP contribution in [0.25, 0.3) is 0 Å². The van der Waals surface area contributed by atoms with Crippen LogP contribution in [0.1, 0.15) is 63.5 Å². The summed E-state index contributed by atoms with van der Waals surface area (Å²) in [4.78, 5) is 30.3. The van der Waals surface area contributed by atoms with Gasteiger partial charge in [-0.05, 0) is 80.8 Å². The van der Waals surface area contributed by atoms with E-state index in [0.717, 1.165) is 21.6 Å². The van der Waals surface area contributed by atoms with Crippen molar-refractivity contribution >= 4 is 20.3 Å². The number of ether oxygens (including phenoxy) is 4. The van der Waals surface area contributed by atoms with Gasteiger partial charge < -0.3 is 28.0 Å². The van der Waals surface area contributed by atoms with Gasteiger partial charge in [-0.1, -0.05) is 84.6 Å². The molecule has 0 bridgehead atoms. The summed E-state index contributed by atoms with van der Waals surface area (Å²) >= 11 is 1.26. The van der Waals surface area contributed by atoms with Crippen LogP contribution in [0.3, 0.4) is 0 Å². The summed E-state index contributed by atoms with van der Waals surface area (Å²) in [7, 11) is 1.55. The lowest BCUT2D eigenvalue weighted by molar-refractivity contribution is -0.0926. The van der Waals surface area contributed by atoms with Crippen molar-refractivity contribution in [1.82, 2.24) is 14.2 Å². The Labute approximate surface area is 351 Å². The zero-order valence-corrected chi connectivity index (χ0v) is 35.9. The summed E-state index contributed by atoms with van der Waals surface area (Å²) in [6.07, 6.45) is -0.215. The van der Waals surface area contributed by atoms with Crippen molar-refractivity contribution in [3.05, 3.63) is 153 Å². The van der Waals surface area contributed by atoms with Crippen LogP contribution in [0.5, 0.6) is 11.5 Å². The van der Waals surface area contributed by atoms with Crippen LogP contribution < -0.4 is 20.7 Å². The van der Waals surface area contributed by atoms with Crippen molar-refractivity contribution in [1.29, 1.82) is 5.26 Å². The normalized spacial score (nSPS) is 17.3. The molecule has 1 saturated heterocycles. The average Bonchev–Trinajstić information content (AvgIpc) is 3.64. The predicted molar refractivity (Wildman–Crippen MR) is 229 cm³/mol. The Morgan fingerprint density at radius 1 is 0.864 bits per heavy atom. The van der Waals surface area contributed by atoms with Gasteiger partial charge in [0.2, 0.25) is 0 Å². The van der Waals surface area contributed by atoms with Gasteiger partial charge in [0.15, 0.2) is 0 Å². The van der Waals surface area contributed by atoms with E-state index in [2.05, 4.69) is 43.4 Å². The SMILES string of the molecule is COc1ccc(C(OC[C@H]2O[C@@H](n3cc(Sc4ccccc4)c(=O)[nH]c3=O)C[C@@H]2OP(OCCC#N)N(C(C)C)C(C)C)(c2ccccc2)c2ccc(OC)cc2)cc1. The first-order chi connectivity index (χ1) is 28.6. The highest BCUT2D eigenvalue weighted by molar-refractivity contribution is 7.99. The number of methoxy groups -OCH3 is 2. The number of nitrogens with one attached hydrogen (secondary N) is 1. The molecule has 59 heavy (non-hydrogen) atoms. The highest BCUT2D eigenvalue weighted by atomic mass is 32.2. The lowest BCUT2D eigenvalue weighted by Crippen LogP contribution is -2.39. The molecule has 5 aromatic rings. The van der Waals surface area contributed by atoms with Crippen LogP contribution in [-0.4, -0.2) is 65.9 Å². The van der Waals surface area contributed by atoms with E-state index in [1.165, 1.54) is 16.3 Å². The number of H-pyrrole nitrogens is 1. The molecule has 1 unspecified atom stereocenters. The molecule has 2 heterocycles. The summed E-state index contributed by atoms with van der Waals surface area (Å²) in [5.74, 6) is 1.39. The van der Waals surface area contributed by atoms with E-state index in [1.807, 2.05) is 109 Å². The molecule has 0 saturated carbocycles. The number of nitrogens with zero attached hydrogens (tertiary/aromatic N) is 3. The molecule has 1 fully saturated rings. The molecule has 0 radical (unpaired) electrons. The molecule has 1 aromatic heterocycles. The topological polar surface area (TPSA) is 137 Å². The van der Waals surface area contributed by atoms with Crippen LogP contribution in [0.15, 0.2) is 135 Å². The zero-order chi connectivity index (χ0) is 41.9. The Bertz CT molecular complexity index is 2190. The maximum atomic E-state index is 13.6. The van der Waals surface area contributed by atoms with Gasteiger partial charge in [-0.25, -0.2) is 9.46 Å². The quantitative estimate of drug-likeness (QED) is 0.0486. The Morgan fingerprint density at radius 2 is 1.42 bits per heavy atom. The summed E-state index contributed by atoms with van der Waals surface area (Å²) in [6, 6.07) is 37.2. The summed E-state index contributed by atoms with van der Waals surface area (Å²) in [6.45, 7) is 8.49. The number of benzene rings is 4. The smallest absolute Gasteiger partial charge is 0.330 e. The van der Waals surface area contributed by atoms with Crippen molar-refractivity contribution in [2.24, 2.45) is 0 Å². The minimum Gasteiger partial charge on any atom is -0.497 e. The minimum atomic E-state index is -1.70. The van der Waals surface area contributed by atoms with E-state index < -0.39 is 43.8 Å². The van der Waals surface area contributed by atoms with Crippen molar-refractivity contribution in [3.63, 3.8) is 0 Å². The number of rotatable bonds is 19. The molecule has 12 nitrogen and oxygen atoms in total. The molecule has 0 spiro atoms. The van der Waals surface area contributed by atoms with Gasteiger partial charge in [0.05, 0.1) is 50.9 Å². The van der Waals surface area contributed by atoms with Gasteiger partial charge in [0, 0.05) is 29.6 Å². The summed E-state index contributed by atoms with van der Waals surface area (Å²) in [5, 5.41) is 9.38. The van der Waals surface area contributed by atoms with Crippen LogP contribution in [0.4, 0.5) is 0 Å². The second-order valence-corrected chi connectivity index (χ2v) is 17.0. The largest absolute Gasteiger partial charge is 0.497 e. The fourth-order valence-corrected chi connectivity index (χ4v) is 9.81. The van der Waals surface area contributed by atoms with Crippen molar-refractivity contribution < 1.29 is 28.0 Å². The molecule has 6 rings (SSSR count). The lowest BCUT2D eigenvalue weighted by atomic mass is 9.80. The van der Waals surface area contributed by atoms with Gasteiger partial charge >= 0.3 is 5.69 Å². The number of nitriles is 1. The van der Waals surface area contributed by atoms with Gasteiger partial charge in [0.25, 0.3) is 14.1 Å². The summed E-state index contributed by atoms with van der Waals surface area (Å²) < 4.78 is 42.1. The van der Waals surface area contributed by atoms with Crippen molar-refractivity contribution in [2.45, 2.75) is 86.4 Å². The average molecular weight is 839 g/mol. The van der Waals surface area contributed by atoms with Gasteiger partial charge in [-0.15, -0.1) is 0 Å². The number of hydrogen-bond donors (Lipinski definition) is 1. The molecule has 0 amide bonds. The molecule has 4 aromatic carbocycles. The van der Waals surface area contributed by atoms with Crippen molar-refractivity contribution in [2.75, 3.05) is 27.4 Å². The minimum absolute atomic E-state index is 0.0164. The molecule has 310 valence electrons. The Balaban J connectivity index is 1.44. The van der Waals surface area contributed by atoms with Gasteiger partial charge in [-0.2, -0.15) is 5.26 Å². The highest BCUT2D eigenvalue weighted by Gasteiger charge is 2.45. The standard InChI is InChI=1S/C45H51N4O8PS/c1-31(2)49(32(3)4)58(55-27-13-26-46)57-39-28-42(48-29-41(43(50)47-44(48)51)59-38-16-11-8-12-17-38)56-40(39)30-54-45(33-14-9-7-10-15-33,34-18-22-36(52-5)23-19-34)35-20-24-37(53-6)25-21-35/h7-12,14-25,29,31-32,39-40,42H,13,27-28,30H2,1-6H3,(H,47,50,51)/t39-,40+,42+,58?/m0/s1. The molecule has 1 N–H and O–H groups in total. The monoisotopic (exact) mass is 838 g/mol. The lowest BCUT2D eigenvalue weighted by Gasteiger charge is -2.39. The molecule has 14 heteroatoms. The van der Waals surface area contributed by atoms with E-state index >= 15 is 0 Å². The van der Waals surface area contributed by atoms with Crippen LogP contribution in [-0.2, 0) is 24.1 Å². The number of hydrogen-bond acceptors (Lipinski definition) is 11. The van der Waals surface area contributed by atoms with E-state index in [4.69, 9.17) is 28.0 Å². The van der Waals surface area contributed by atoms with E-state index in [9.17, 15) is 14.9 Å². The van der Waals surface area contributed by atoms with Gasteiger partial charge in [-0.3, -0.25) is 14.3 Å². The number of aromatic nitrogens is 2. The summed E-state index contributed by atoms with van der Waals surface area (Å²) in [5.41, 5.74) is 0.302. The third kappa shape index (κ3) is 10.3. The first-order valence-corrected chi connectivity index (χ1v) is 21.5. The molecule has 0 aliphatic carbocycles. The molecular weight excluding hydrogens is 788 g/mol. The van der Waals surface area contributed by atoms with Crippen LogP contribution >= 0.6 is 20.3 Å². The number of aromatic amines is 1. The molecule has 4 atom stereocenters. The molecule has 1 aliphatic heterocycles.